The zero-order valence-corrected chi connectivity index (χ0v) is 8.83. The highest BCUT2D eigenvalue weighted by molar-refractivity contribution is 6.18. The highest BCUT2D eigenvalue weighted by Gasteiger charge is 2.29. The Labute approximate surface area is 84.6 Å². The predicted octanol–water partition coefficient (Wildman–Crippen LogP) is 0.697. The molecule has 0 heterocycles. The number of ether oxygens (including phenoxy) is 1. The second-order valence-electron chi connectivity index (χ2n) is 3.53. The lowest BCUT2D eigenvalue weighted by Crippen LogP contribution is -2.37. The average molecular weight is 208 g/mol. The number of rotatable bonds is 7. The first kappa shape index (κ1) is 11.2. The summed E-state index contributed by atoms with van der Waals surface area (Å²) in [5.74, 6) is 0.316. The molecule has 1 unspecified atom stereocenters. The Hall–Kier alpha value is 0.170. The molecule has 1 saturated carbocycles. The van der Waals surface area contributed by atoms with Crippen LogP contribution in [-0.2, 0) is 4.74 Å². The lowest BCUT2D eigenvalue weighted by molar-refractivity contribution is 0.0950. The lowest BCUT2D eigenvalue weighted by Gasteiger charge is -2.23. The third-order valence-corrected chi connectivity index (χ3v) is 2.63. The summed E-state index contributed by atoms with van der Waals surface area (Å²) in [6.45, 7) is 2.30. The average Bonchev–Trinajstić information content (AvgIpc) is 2.94. The summed E-state index contributed by atoms with van der Waals surface area (Å²) in [6.07, 6.45) is 2.09. The van der Waals surface area contributed by atoms with E-state index in [9.17, 15) is 5.11 Å². The van der Waals surface area contributed by atoms with Crippen molar-refractivity contribution in [3.8, 4) is 0 Å². The summed E-state index contributed by atoms with van der Waals surface area (Å²) < 4.78 is 5.01. The molecular formula is C9H18ClNO2. The van der Waals surface area contributed by atoms with Crippen molar-refractivity contribution in [1.82, 2.24) is 4.90 Å². The molecule has 0 bridgehead atoms. The minimum atomic E-state index is -0.404. The van der Waals surface area contributed by atoms with E-state index >= 15 is 0 Å². The molecule has 0 aromatic carbocycles. The van der Waals surface area contributed by atoms with Crippen LogP contribution in [0.25, 0.3) is 0 Å². The van der Waals surface area contributed by atoms with E-state index in [1.807, 2.05) is 0 Å². The zero-order valence-electron chi connectivity index (χ0n) is 8.08. The molecule has 3 nitrogen and oxygen atoms in total. The van der Waals surface area contributed by atoms with Gasteiger partial charge >= 0.3 is 0 Å². The SMILES string of the molecule is COCCN(CC(O)CCl)C1CC1. The second-order valence-corrected chi connectivity index (χ2v) is 3.84. The van der Waals surface area contributed by atoms with Crippen LogP contribution in [-0.4, -0.2) is 54.8 Å². The standard InChI is InChI=1S/C9H18ClNO2/c1-13-5-4-11(8-2-3-8)7-9(12)6-10/h8-9,12H,2-7H2,1H3. The zero-order chi connectivity index (χ0) is 9.68. The number of halogens is 1. The maximum atomic E-state index is 9.39. The fraction of sp³-hybridized carbons (Fsp3) is 1.00. The summed E-state index contributed by atoms with van der Waals surface area (Å²) in [5.41, 5.74) is 0. The van der Waals surface area contributed by atoms with E-state index in [1.165, 1.54) is 12.8 Å². The van der Waals surface area contributed by atoms with Gasteiger partial charge in [0, 0.05) is 32.1 Å². The lowest BCUT2D eigenvalue weighted by atomic mass is 10.3. The van der Waals surface area contributed by atoms with Gasteiger partial charge in [0.1, 0.15) is 0 Å². The van der Waals surface area contributed by atoms with Crippen LogP contribution in [0, 0.1) is 0 Å². The molecule has 1 rings (SSSR count). The number of hydrogen-bond donors (Lipinski definition) is 1. The molecule has 0 aromatic rings. The topological polar surface area (TPSA) is 32.7 Å². The van der Waals surface area contributed by atoms with Crippen LogP contribution < -0.4 is 0 Å². The van der Waals surface area contributed by atoms with Crippen LogP contribution in [0.5, 0.6) is 0 Å². The minimum absolute atomic E-state index is 0.316. The van der Waals surface area contributed by atoms with Gasteiger partial charge in [0.05, 0.1) is 12.7 Å². The molecule has 78 valence electrons. The van der Waals surface area contributed by atoms with Gasteiger partial charge in [-0.2, -0.15) is 0 Å². The fourth-order valence-corrected chi connectivity index (χ4v) is 1.49. The molecule has 0 radical (unpaired) electrons. The Morgan fingerprint density at radius 1 is 1.62 bits per heavy atom. The van der Waals surface area contributed by atoms with E-state index in [1.54, 1.807) is 7.11 Å². The maximum Gasteiger partial charge on any atom is 0.0802 e. The monoisotopic (exact) mass is 207 g/mol. The van der Waals surface area contributed by atoms with Crippen molar-refractivity contribution in [3.63, 3.8) is 0 Å². The van der Waals surface area contributed by atoms with Gasteiger partial charge in [-0.1, -0.05) is 0 Å². The number of methoxy groups -OCH3 is 1. The molecule has 1 aliphatic carbocycles. The second kappa shape index (κ2) is 5.81. The van der Waals surface area contributed by atoms with Crippen molar-refractivity contribution in [2.75, 3.05) is 32.7 Å². The number of nitrogens with zero attached hydrogens (tertiary/aromatic N) is 1. The van der Waals surface area contributed by atoms with E-state index in [0.29, 0.717) is 18.5 Å². The van der Waals surface area contributed by atoms with E-state index in [4.69, 9.17) is 16.3 Å². The summed E-state index contributed by atoms with van der Waals surface area (Å²) in [7, 11) is 1.70. The molecule has 0 aromatic heterocycles. The van der Waals surface area contributed by atoms with Gasteiger partial charge in [0.2, 0.25) is 0 Å². The largest absolute Gasteiger partial charge is 0.391 e. The smallest absolute Gasteiger partial charge is 0.0802 e. The van der Waals surface area contributed by atoms with Crippen molar-refractivity contribution in [3.05, 3.63) is 0 Å². The molecule has 1 fully saturated rings. The summed E-state index contributed by atoms with van der Waals surface area (Å²) in [4.78, 5) is 2.26. The number of hydrogen-bond acceptors (Lipinski definition) is 3. The number of alkyl halides is 1. The van der Waals surface area contributed by atoms with Crippen molar-refractivity contribution < 1.29 is 9.84 Å². The van der Waals surface area contributed by atoms with E-state index in [2.05, 4.69) is 4.90 Å². The third kappa shape index (κ3) is 4.27. The van der Waals surface area contributed by atoms with E-state index in [0.717, 1.165) is 13.2 Å². The molecule has 0 spiro atoms. The Bertz CT molecular complexity index is 142. The third-order valence-electron chi connectivity index (χ3n) is 2.27. The molecule has 0 saturated heterocycles. The number of aliphatic hydroxyl groups is 1. The van der Waals surface area contributed by atoms with Gasteiger partial charge in [0.25, 0.3) is 0 Å². The number of aliphatic hydroxyl groups excluding tert-OH is 1. The maximum absolute atomic E-state index is 9.39. The van der Waals surface area contributed by atoms with Crippen LogP contribution in [0.2, 0.25) is 0 Å². The van der Waals surface area contributed by atoms with Crippen molar-refractivity contribution in [2.45, 2.75) is 25.0 Å². The van der Waals surface area contributed by atoms with Gasteiger partial charge < -0.3 is 9.84 Å². The highest BCUT2D eigenvalue weighted by atomic mass is 35.5. The molecule has 0 amide bonds. The molecule has 13 heavy (non-hydrogen) atoms. The molecular weight excluding hydrogens is 190 g/mol. The van der Waals surface area contributed by atoms with Crippen LogP contribution in [0.15, 0.2) is 0 Å². The predicted molar refractivity (Wildman–Crippen MR) is 53.2 cm³/mol. The van der Waals surface area contributed by atoms with Gasteiger partial charge in [-0.25, -0.2) is 0 Å². The van der Waals surface area contributed by atoms with Crippen molar-refractivity contribution in [1.29, 1.82) is 0 Å². The Morgan fingerprint density at radius 3 is 2.77 bits per heavy atom. The summed E-state index contributed by atoms with van der Waals surface area (Å²) in [5, 5.41) is 9.39. The quantitative estimate of drug-likeness (QED) is 0.624. The Balaban J connectivity index is 2.20. The normalized spacial score (nSPS) is 19.4. The fourth-order valence-electron chi connectivity index (χ4n) is 1.39. The molecule has 1 aliphatic rings. The molecule has 1 N–H and O–H groups in total. The van der Waals surface area contributed by atoms with Crippen LogP contribution in [0.3, 0.4) is 0 Å². The first-order chi connectivity index (χ1) is 6.27. The van der Waals surface area contributed by atoms with Crippen molar-refractivity contribution >= 4 is 11.6 Å². The summed E-state index contributed by atoms with van der Waals surface area (Å²) >= 11 is 5.55. The first-order valence-electron chi connectivity index (χ1n) is 4.75. The molecule has 4 heteroatoms. The first-order valence-corrected chi connectivity index (χ1v) is 5.28. The van der Waals surface area contributed by atoms with Crippen LogP contribution >= 0.6 is 11.6 Å². The van der Waals surface area contributed by atoms with E-state index < -0.39 is 6.10 Å². The van der Waals surface area contributed by atoms with Gasteiger partial charge in [-0.15, -0.1) is 11.6 Å². The van der Waals surface area contributed by atoms with E-state index in [-0.39, 0.29) is 0 Å². The molecule has 0 aliphatic heterocycles. The van der Waals surface area contributed by atoms with Crippen molar-refractivity contribution in [2.24, 2.45) is 0 Å². The summed E-state index contributed by atoms with van der Waals surface area (Å²) in [6, 6.07) is 0.660. The highest BCUT2D eigenvalue weighted by Crippen LogP contribution is 2.26. The Morgan fingerprint density at radius 2 is 2.31 bits per heavy atom. The van der Waals surface area contributed by atoms with Gasteiger partial charge in [0.15, 0.2) is 0 Å². The Kier molecular flexibility index (Phi) is 5.02. The van der Waals surface area contributed by atoms with Gasteiger partial charge in [-0.3, -0.25) is 4.90 Å². The minimum Gasteiger partial charge on any atom is -0.391 e. The molecule has 1 atom stereocenters. The van der Waals surface area contributed by atoms with Crippen LogP contribution in [0.1, 0.15) is 12.8 Å². The van der Waals surface area contributed by atoms with Gasteiger partial charge in [-0.05, 0) is 12.8 Å². The van der Waals surface area contributed by atoms with Crippen LogP contribution in [0.4, 0.5) is 0 Å².